The molecule has 1 atom stereocenters. The van der Waals surface area contributed by atoms with Gasteiger partial charge in [-0.2, -0.15) is 0 Å². The molecule has 2 amide bonds. The van der Waals surface area contributed by atoms with Gasteiger partial charge in [-0.05, 0) is 30.7 Å². The molecule has 2 aromatic rings. The summed E-state index contributed by atoms with van der Waals surface area (Å²) >= 11 is 0. The molecule has 0 bridgehead atoms. The second-order valence-corrected chi connectivity index (χ2v) is 5.93. The van der Waals surface area contributed by atoms with Crippen LogP contribution in [0.2, 0.25) is 0 Å². The van der Waals surface area contributed by atoms with Gasteiger partial charge < -0.3 is 21.3 Å². The smallest absolute Gasteiger partial charge is 0.224 e. The summed E-state index contributed by atoms with van der Waals surface area (Å²) in [5.74, 6) is 1.08. The molecule has 0 saturated carbocycles. The van der Waals surface area contributed by atoms with Gasteiger partial charge in [0.15, 0.2) is 5.82 Å². The average molecular weight is 355 g/mol. The van der Waals surface area contributed by atoms with Gasteiger partial charge >= 0.3 is 0 Å². The highest BCUT2D eigenvalue weighted by molar-refractivity contribution is 5.83. The molecule has 1 aliphatic rings. The van der Waals surface area contributed by atoms with Crippen molar-refractivity contribution in [2.75, 3.05) is 30.3 Å². The van der Waals surface area contributed by atoms with Gasteiger partial charge in [-0.3, -0.25) is 14.6 Å². The van der Waals surface area contributed by atoms with Crippen molar-refractivity contribution >= 4 is 29.1 Å². The zero-order chi connectivity index (χ0) is 18.2. The predicted octanol–water partition coefficient (Wildman–Crippen LogP) is 0.669. The quantitative estimate of drug-likeness (QED) is 0.539. The third-order valence-electron chi connectivity index (χ3n) is 3.97. The van der Waals surface area contributed by atoms with Crippen LogP contribution in [-0.2, 0) is 9.59 Å². The molecule has 0 unspecified atom stereocenters. The molecule has 136 valence electrons. The summed E-state index contributed by atoms with van der Waals surface area (Å²) in [6, 6.07) is 7.35. The maximum absolute atomic E-state index is 12.0. The molecule has 0 aromatic carbocycles. The number of rotatable bonds is 7. The fraction of sp³-hybridized carbons (Fsp3) is 0.353. The van der Waals surface area contributed by atoms with Gasteiger partial charge in [-0.15, -0.1) is 10.2 Å². The van der Waals surface area contributed by atoms with Crippen LogP contribution in [0.25, 0.3) is 0 Å². The second kappa shape index (κ2) is 8.75. The minimum absolute atomic E-state index is 0.00996. The summed E-state index contributed by atoms with van der Waals surface area (Å²) in [5, 5.41) is 19.9. The molecular formula is C17H21N7O2. The number of pyridine rings is 1. The Morgan fingerprint density at radius 2 is 2.04 bits per heavy atom. The fourth-order valence-electron chi connectivity index (χ4n) is 2.56. The van der Waals surface area contributed by atoms with Gasteiger partial charge in [0, 0.05) is 32.3 Å². The monoisotopic (exact) mass is 355 g/mol. The van der Waals surface area contributed by atoms with E-state index in [0.29, 0.717) is 44.1 Å². The Labute approximate surface area is 151 Å². The SMILES string of the molecule is O=C1CC[C@H](C(=O)NCCNc2ccc(Nc3cccnc3)nn2)CN1. The third-order valence-corrected chi connectivity index (χ3v) is 3.97. The molecule has 26 heavy (non-hydrogen) atoms. The van der Waals surface area contributed by atoms with E-state index in [9.17, 15) is 9.59 Å². The van der Waals surface area contributed by atoms with Crippen LogP contribution in [0.15, 0.2) is 36.7 Å². The Balaban J connectivity index is 1.37. The van der Waals surface area contributed by atoms with E-state index in [-0.39, 0.29) is 17.7 Å². The number of carbonyl (C=O) groups excluding carboxylic acids is 2. The van der Waals surface area contributed by atoms with Crippen LogP contribution < -0.4 is 21.3 Å². The van der Waals surface area contributed by atoms with E-state index in [4.69, 9.17) is 0 Å². The fourth-order valence-corrected chi connectivity index (χ4v) is 2.56. The topological polar surface area (TPSA) is 121 Å². The Kier molecular flexibility index (Phi) is 5.92. The molecule has 3 heterocycles. The lowest BCUT2D eigenvalue weighted by Crippen LogP contribution is -2.43. The molecule has 3 rings (SSSR count). The minimum atomic E-state index is -0.148. The maximum Gasteiger partial charge on any atom is 0.224 e. The van der Waals surface area contributed by atoms with E-state index < -0.39 is 0 Å². The lowest BCUT2D eigenvalue weighted by atomic mass is 9.98. The molecular weight excluding hydrogens is 334 g/mol. The zero-order valence-corrected chi connectivity index (χ0v) is 14.2. The van der Waals surface area contributed by atoms with Gasteiger partial charge in [0.25, 0.3) is 0 Å². The van der Waals surface area contributed by atoms with Crippen LogP contribution in [0.4, 0.5) is 17.3 Å². The van der Waals surface area contributed by atoms with Crippen molar-refractivity contribution in [3.63, 3.8) is 0 Å². The normalized spacial score (nSPS) is 16.5. The highest BCUT2D eigenvalue weighted by Gasteiger charge is 2.23. The van der Waals surface area contributed by atoms with Crippen molar-refractivity contribution in [2.45, 2.75) is 12.8 Å². The molecule has 1 aliphatic heterocycles. The Hall–Kier alpha value is -3.23. The first-order chi connectivity index (χ1) is 12.7. The van der Waals surface area contributed by atoms with Crippen molar-refractivity contribution in [3.8, 4) is 0 Å². The van der Waals surface area contributed by atoms with E-state index in [1.807, 2.05) is 24.3 Å². The lowest BCUT2D eigenvalue weighted by Gasteiger charge is -2.21. The van der Waals surface area contributed by atoms with E-state index in [1.54, 1.807) is 12.4 Å². The highest BCUT2D eigenvalue weighted by Crippen LogP contribution is 2.13. The van der Waals surface area contributed by atoms with Gasteiger partial charge in [0.05, 0.1) is 17.8 Å². The van der Waals surface area contributed by atoms with Crippen LogP contribution in [0.5, 0.6) is 0 Å². The number of anilines is 3. The molecule has 9 nitrogen and oxygen atoms in total. The summed E-state index contributed by atoms with van der Waals surface area (Å²) in [6.07, 6.45) is 4.41. The van der Waals surface area contributed by atoms with E-state index in [0.717, 1.165) is 5.69 Å². The molecule has 2 aromatic heterocycles. The Morgan fingerprint density at radius 3 is 2.73 bits per heavy atom. The van der Waals surface area contributed by atoms with E-state index in [1.165, 1.54) is 0 Å². The molecule has 0 spiro atoms. The first-order valence-corrected chi connectivity index (χ1v) is 8.50. The third kappa shape index (κ3) is 5.13. The molecule has 1 fully saturated rings. The second-order valence-electron chi connectivity index (χ2n) is 5.93. The van der Waals surface area contributed by atoms with Crippen molar-refractivity contribution < 1.29 is 9.59 Å². The summed E-state index contributed by atoms with van der Waals surface area (Å²) in [7, 11) is 0. The molecule has 0 aliphatic carbocycles. The standard InChI is InChI=1S/C17H21N7O2/c25-16-6-3-12(10-21-16)17(26)20-9-8-19-14-4-5-15(24-23-14)22-13-2-1-7-18-11-13/h1-2,4-5,7,11-12H,3,6,8-10H2,(H,19,23)(H,20,26)(H,21,25)(H,22,24)/t12-/m0/s1. The number of hydrogen-bond donors (Lipinski definition) is 4. The van der Waals surface area contributed by atoms with Gasteiger partial charge in [0.1, 0.15) is 5.82 Å². The predicted molar refractivity (Wildman–Crippen MR) is 96.8 cm³/mol. The van der Waals surface area contributed by atoms with Crippen LogP contribution in [0.3, 0.4) is 0 Å². The van der Waals surface area contributed by atoms with Crippen molar-refractivity contribution in [1.82, 2.24) is 25.8 Å². The van der Waals surface area contributed by atoms with Gasteiger partial charge in [0.2, 0.25) is 11.8 Å². The van der Waals surface area contributed by atoms with E-state index in [2.05, 4.69) is 36.4 Å². The summed E-state index contributed by atoms with van der Waals surface area (Å²) in [4.78, 5) is 27.1. The zero-order valence-electron chi connectivity index (χ0n) is 14.2. The molecule has 9 heteroatoms. The molecule has 1 saturated heterocycles. The van der Waals surface area contributed by atoms with Gasteiger partial charge in [-0.1, -0.05) is 0 Å². The number of nitrogens with one attached hydrogen (secondary N) is 4. The van der Waals surface area contributed by atoms with E-state index >= 15 is 0 Å². The lowest BCUT2D eigenvalue weighted by molar-refractivity contribution is -0.128. The average Bonchev–Trinajstić information content (AvgIpc) is 2.68. The van der Waals surface area contributed by atoms with Crippen molar-refractivity contribution in [3.05, 3.63) is 36.7 Å². The summed E-state index contributed by atoms with van der Waals surface area (Å²) in [6.45, 7) is 1.42. The molecule has 4 N–H and O–H groups in total. The van der Waals surface area contributed by atoms with Crippen molar-refractivity contribution in [2.24, 2.45) is 5.92 Å². The summed E-state index contributed by atoms with van der Waals surface area (Å²) in [5.41, 5.74) is 0.837. The van der Waals surface area contributed by atoms with Crippen LogP contribution in [-0.4, -0.2) is 46.6 Å². The number of piperidine rings is 1. The number of hydrogen-bond acceptors (Lipinski definition) is 7. The maximum atomic E-state index is 12.0. The number of aromatic nitrogens is 3. The first kappa shape index (κ1) is 17.6. The number of carbonyl (C=O) groups is 2. The van der Waals surface area contributed by atoms with Crippen molar-refractivity contribution in [1.29, 1.82) is 0 Å². The minimum Gasteiger partial charge on any atom is -0.367 e. The Bertz CT molecular complexity index is 727. The van der Waals surface area contributed by atoms with Crippen LogP contribution in [0.1, 0.15) is 12.8 Å². The van der Waals surface area contributed by atoms with Crippen LogP contribution >= 0.6 is 0 Å². The Morgan fingerprint density at radius 1 is 1.19 bits per heavy atom. The number of amides is 2. The first-order valence-electron chi connectivity index (χ1n) is 8.50. The summed E-state index contributed by atoms with van der Waals surface area (Å²) < 4.78 is 0. The molecule has 0 radical (unpaired) electrons. The van der Waals surface area contributed by atoms with Gasteiger partial charge in [-0.25, -0.2) is 0 Å². The van der Waals surface area contributed by atoms with Crippen LogP contribution in [0, 0.1) is 5.92 Å². The highest BCUT2D eigenvalue weighted by atomic mass is 16.2. The number of nitrogens with zero attached hydrogens (tertiary/aromatic N) is 3. The largest absolute Gasteiger partial charge is 0.367 e.